The third kappa shape index (κ3) is 5.96. The summed E-state index contributed by atoms with van der Waals surface area (Å²) < 4.78 is 1.73. The lowest BCUT2D eigenvalue weighted by Crippen LogP contribution is -2.31. The molecule has 0 saturated heterocycles. The zero-order valence-corrected chi connectivity index (χ0v) is 17.5. The molecule has 2 rings (SSSR count). The summed E-state index contributed by atoms with van der Waals surface area (Å²) >= 11 is 6.36. The van der Waals surface area contributed by atoms with E-state index < -0.39 is 0 Å². The first kappa shape index (κ1) is 21.7. The zero-order chi connectivity index (χ0) is 20.7. The molecule has 2 N–H and O–H groups in total. The highest BCUT2D eigenvalue weighted by Crippen LogP contribution is 2.22. The minimum absolute atomic E-state index is 0.111. The fourth-order valence-electron chi connectivity index (χ4n) is 2.75. The summed E-state index contributed by atoms with van der Waals surface area (Å²) in [4.78, 5) is 24.1. The number of carbonyl (C=O) groups excluding carboxylic acids is 2. The molecule has 6 nitrogen and oxygen atoms in total. The molecule has 0 aliphatic rings. The Morgan fingerprint density at radius 3 is 2.68 bits per heavy atom. The van der Waals surface area contributed by atoms with E-state index in [2.05, 4.69) is 29.6 Å². The van der Waals surface area contributed by atoms with E-state index in [0.29, 0.717) is 23.2 Å². The molecule has 0 unspecified atom stereocenters. The van der Waals surface area contributed by atoms with Crippen LogP contribution in [0.1, 0.15) is 37.6 Å². The monoisotopic (exact) mass is 402 g/mol. The average Bonchev–Trinajstić information content (AvgIpc) is 2.91. The number of carbonyl (C=O) groups is 2. The van der Waals surface area contributed by atoms with Crippen molar-refractivity contribution in [2.24, 2.45) is 5.92 Å². The van der Waals surface area contributed by atoms with Gasteiger partial charge >= 0.3 is 0 Å². The minimum atomic E-state index is -0.369. The summed E-state index contributed by atoms with van der Waals surface area (Å²) in [5.74, 6) is -0.235. The van der Waals surface area contributed by atoms with Gasteiger partial charge in [-0.3, -0.25) is 14.3 Å². The van der Waals surface area contributed by atoms with Gasteiger partial charge in [-0.2, -0.15) is 5.10 Å². The van der Waals surface area contributed by atoms with E-state index >= 15 is 0 Å². The van der Waals surface area contributed by atoms with Crippen LogP contribution in [-0.2, 0) is 22.6 Å². The Labute approximate surface area is 171 Å². The standard InChI is InChI=1S/C21H27ClN4O2/c1-5-16-8-6-7-9-18(16)24-20(28)12-23-19(27)11-10-17-15(4)25-26(21(17)22)13-14(2)3/h6-11,14H,5,12-13H2,1-4H3,(H,23,27)(H,24,28)/b11-10+. The molecule has 2 aromatic rings. The van der Waals surface area contributed by atoms with Gasteiger partial charge in [0.1, 0.15) is 5.15 Å². The fourth-order valence-corrected chi connectivity index (χ4v) is 3.06. The van der Waals surface area contributed by atoms with Crippen LogP contribution in [0.25, 0.3) is 6.08 Å². The summed E-state index contributed by atoms with van der Waals surface area (Å²) in [6.07, 6.45) is 3.81. The maximum absolute atomic E-state index is 12.1. The van der Waals surface area contributed by atoms with Gasteiger partial charge in [-0.15, -0.1) is 0 Å². The predicted molar refractivity (Wildman–Crippen MR) is 113 cm³/mol. The summed E-state index contributed by atoms with van der Waals surface area (Å²) in [5, 5.41) is 10.3. The second-order valence-electron chi connectivity index (χ2n) is 6.98. The molecule has 0 radical (unpaired) electrons. The molecule has 7 heteroatoms. The number of rotatable bonds is 8. The molecule has 0 spiro atoms. The minimum Gasteiger partial charge on any atom is -0.343 e. The molecule has 28 heavy (non-hydrogen) atoms. The van der Waals surface area contributed by atoms with Crippen molar-refractivity contribution in [3.05, 3.63) is 52.3 Å². The summed E-state index contributed by atoms with van der Waals surface area (Å²) in [5.41, 5.74) is 3.27. The van der Waals surface area contributed by atoms with E-state index in [0.717, 1.165) is 23.4 Å². The van der Waals surface area contributed by atoms with Gasteiger partial charge in [-0.25, -0.2) is 0 Å². The summed E-state index contributed by atoms with van der Waals surface area (Å²) in [7, 11) is 0. The Kier molecular flexibility index (Phi) is 7.81. The van der Waals surface area contributed by atoms with Crippen LogP contribution in [0.2, 0.25) is 5.15 Å². The van der Waals surface area contributed by atoms with E-state index in [1.165, 1.54) is 6.08 Å². The first-order valence-electron chi connectivity index (χ1n) is 9.38. The maximum Gasteiger partial charge on any atom is 0.244 e. The largest absolute Gasteiger partial charge is 0.343 e. The highest BCUT2D eigenvalue weighted by molar-refractivity contribution is 6.31. The summed E-state index contributed by atoms with van der Waals surface area (Å²) in [6.45, 7) is 8.63. The van der Waals surface area contributed by atoms with Gasteiger partial charge in [0.15, 0.2) is 0 Å². The van der Waals surface area contributed by atoms with Crippen LogP contribution in [0.15, 0.2) is 30.3 Å². The number of nitrogens with zero attached hydrogens (tertiary/aromatic N) is 2. The smallest absolute Gasteiger partial charge is 0.244 e. The van der Waals surface area contributed by atoms with Crippen LogP contribution in [0, 0.1) is 12.8 Å². The molecule has 2 amide bonds. The van der Waals surface area contributed by atoms with Crippen molar-refractivity contribution in [1.82, 2.24) is 15.1 Å². The first-order valence-corrected chi connectivity index (χ1v) is 9.76. The van der Waals surface area contributed by atoms with E-state index in [4.69, 9.17) is 11.6 Å². The van der Waals surface area contributed by atoms with Crippen molar-refractivity contribution in [3.8, 4) is 0 Å². The first-order chi connectivity index (χ1) is 13.3. The average molecular weight is 403 g/mol. The fraction of sp³-hybridized carbons (Fsp3) is 0.381. The van der Waals surface area contributed by atoms with Gasteiger partial charge < -0.3 is 10.6 Å². The Hall–Kier alpha value is -2.60. The molecule has 0 fully saturated rings. The lowest BCUT2D eigenvalue weighted by molar-refractivity contribution is -0.121. The van der Waals surface area contributed by atoms with Crippen LogP contribution < -0.4 is 10.6 Å². The Morgan fingerprint density at radius 1 is 1.29 bits per heavy atom. The van der Waals surface area contributed by atoms with Gasteiger partial charge in [-0.05, 0) is 37.0 Å². The molecule has 0 atom stereocenters. The van der Waals surface area contributed by atoms with Crippen molar-refractivity contribution >= 4 is 35.2 Å². The number of nitrogens with one attached hydrogen (secondary N) is 2. The number of anilines is 1. The second-order valence-corrected chi connectivity index (χ2v) is 7.33. The van der Waals surface area contributed by atoms with Crippen molar-refractivity contribution in [2.75, 3.05) is 11.9 Å². The number of aromatic nitrogens is 2. The van der Waals surface area contributed by atoms with Crippen LogP contribution in [-0.4, -0.2) is 28.1 Å². The Bertz CT molecular complexity index is 871. The predicted octanol–water partition coefficient (Wildman–Crippen LogP) is 3.83. The molecule has 1 heterocycles. The lowest BCUT2D eigenvalue weighted by atomic mass is 10.1. The zero-order valence-electron chi connectivity index (χ0n) is 16.8. The number of halogens is 1. The topological polar surface area (TPSA) is 76.0 Å². The van der Waals surface area contributed by atoms with E-state index in [9.17, 15) is 9.59 Å². The van der Waals surface area contributed by atoms with Gasteiger partial charge in [0, 0.05) is 23.9 Å². The van der Waals surface area contributed by atoms with E-state index in [1.54, 1.807) is 10.8 Å². The number of aryl methyl sites for hydroxylation is 2. The highest BCUT2D eigenvalue weighted by atomic mass is 35.5. The second kappa shape index (κ2) is 10.1. The van der Waals surface area contributed by atoms with E-state index in [1.807, 2.05) is 38.1 Å². The Morgan fingerprint density at radius 2 is 2.00 bits per heavy atom. The summed E-state index contributed by atoms with van der Waals surface area (Å²) in [6, 6.07) is 7.60. The van der Waals surface area contributed by atoms with Crippen LogP contribution >= 0.6 is 11.6 Å². The van der Waals surface area contributed by atoms with Gasteiger partial charge in [0.25, 0.3) is 0 Å². The normalized spacial score (nSPS) is 11.2. The number of benzene rings is 1. The van der Waals surface area contributed by atoms with Gasteiger partial charge in [0.05, 0.1) is 12.2 Å². The molecule has 1 aromatic carbocycles. The van der Waals surface area contributed by atoms with Crippen molar-refractivity contribution in [1.29, 1.82) is 0 Å². The Balaban J connectivity index is 1.92. The lowest BCUT2D eigenvalue weighted by Gasteiger charge is -2.09. The van der Waals surface area contributed by atoms with Crippen molar-refractivity contribution in [3.63, 3.8) is 0 Å². The van der Waals surface area contributed by atoms with Gasteiger partial charge in [-0.1, -0.05) is 50.6 Å². The SMILES string of the molecule is CCc1ccccc1NC(=O)CNC(=O)/C=C/c1c(C)nn(CC(C)C)c1Cl. The number of amides is 2. The van der Waals surface area contributed by atoms with Gasteiger partial charge in [0.2, 0.25) is 11.8 Å². The van der Waals surface area contributed by atoms with Crippen molar-refractivity contribution < 1.29 is 9.59 Å². The molecule has 0 bridgehead atoms. The third-order valence-corrected chi connectivity index (χ3v) is 4.54. The van der Waals surface area contributed by atoms with Crippen molar-refractivity contribution in [2.45, 2.75) is 40.7 Å². The highest BCUT2D eigenvalue weighted by Gasteiger charge is 2.12. The maximum atomic E-state index is 12.1. The molecule has 1 aromatic heterocycles. The molecular formula is C21H27ClN4O2. The van der Waals surface area contributed by atoms with E-state index in [-0.39, 0.29) is 18.4 Å². The molecular weight excluding hydrogens is 376 g/mol. The third-order valence-electron chi connectivity index (χ3n) is 4.14. The molecule has 0 saturated carbocycles. The van der Waals surface area contributed by atoms with Crippen LogP contribution in [0.5, 0.6) is 0 Å². The number of hydrogen-bond donors (Lipinski definition) is 2. The molecule has 0 aliphatic carbocycles. The number of para-hydroxylation sites is 1. The number of hydrogen-bond acceptors (Lipinski definition) is 3. The molecule has 0 aliphatic heterocycles. The molecule has 150 valence electrons. The van der Waals surface area contributed by atoms with Crippen LogP contribution in [0.4, 0.5) is 5.69 Å². The quantitative estimate of drug-likeness (QED) is 0.659. The van der Waals surface area contributed by atoms with Crippen LogP contribution in [0.3, 0.4) is 0 Å².